The number of rotatable bonds is 7. The molecule has 8 heteroatoms. The van der Waals surface area contributed by atoms with E-state index in [-0.39, 0.29) is 6.10 Å². The lowest BCUT2D eigenvalue weighted by Gasteiger charge is -2.19. The third-order valence-corrected chi connectivity index (χ3v) is 7.09. The molecule has 4 nitrogen and oxygen atoms in total. The molecule has 0 aliphatic carbocycles. The smallest absolute Gasteiger partial charge is 0.346 e. The van der Waals surface area contributed by atoms with Crippen LogP contribution in [0.4, 0.5) is 0 Å². The Labute approximate surface area is 126 Å². The Kier molecular flexibility index (Phi) is 12.9. The SMILES string of the molecule is CC(C)O[SiH](O[SiH2]O[SiH3])c1ccccc1.CCO[SiH3]. The number of benzene rings is 1. The van der Waals surface area contributed by atoms with Crippen molar-refractivity contribution in [3.05, 3.63) is 30.3 Å². The van der Waals surface area contributed by atoms with Gasteiger partial charge in [-0.25, -0.2) is 0 Å². The molecule has 0 bridgehead atoms. The van der Waals surface area contributed by atoms with Gasteiger partial charge in [0.25, 0.3) is 10.0 Å². The van der Waals surface area contributed by atoms with Crippen molar-refractivity contribution in [1.29, 1.82) is 0 Å². The highest BCUT2D eigenvalue weighted by Gasteiger charge is 2.17. The lowest BCUT2D eigenvalue weighted by Crippen LogP contribution is -2.40. The maximum Gasteiger partial charge on any atom is 0.346 e. The van der Waals surface area contributed by atoms with Crippen molar-refractivity contribution >= 4 is 45.4 Å². The molecule has 19 heavy (non-hydrogen) atoms. The van der Waals surface area contributed by atoms with Crippen LogP contribution in [0.3, 0.4) is 0 Å². The maximum absolute atomic E-state index is 5.83. The van der Waals surface area contributed by atoms with Crippen molar-refractivity contribution in [2.45, 2.75) is 26.9 Å². The van der Waals surface area contributed by atoms with Gasteiger partial charge in [-0.2, -0.15) is 0 Å². The second-order valence-electron chi connectivity index (χ2n) is 4.08. The Hall–Kier alpha value is -0.0725. The molecular formula is C11H26O4Si4. The molecule has 0 spiro atoms. The van der Waals surface area contributed by atoms with E-state index in [1.807, 2.05) is 39.0 Å². The van der Waals surface area contributed by atoms with Crippen molar-refractivity contribution in [3.8, 4) is 0 Å². The fourth-order valence-corrected chi connectivity index (χ4v) is 5.74. The molecule has 0 aromatic heterocycles. The molecular weight excluding hydrogens is 308 g/mol. The first kappa shape index (κ1) is 18.9. The summed E-state index contributed by atoms with van der Waals surface area (Å²) < 4.78 is 21.4. The Morgan fingerprint density at radius 3 is 2.21 bits per heavy atom. The summed E-state index contributed by atoms with van der Waals surface area (Å²) in [4.78, 5) is 0. The summed E-state index contributed by atoms with van der Waals surface area (Å²) in [6.45, 7) is 6.95. The van der Waals surface area contributed by atoms with E-state index in [0.29, 0.717) is 0 Å². The summed E-state index contributed by atoms with van der Waals surface area (Å²) in [7, 11) is -0.874. The molecule has 0 heterocycles. The van der Waals surface area contributed by atoms with E-state index in [1.165, 1.54) is 5.19 Å². The van der Waals surface area contributed by atoms with Crippen molar-refractivity contribution in [1.82, 2.24) is 0 Å². The highest BCUT2D eigenvalue weighted by atomic mass is 28.4. The molecule has 0 saturated carbocycles. The Morgan fingerprint density at radius 1 is 1.21 bits per heavy atom. The van der Waals surface area contributed by atoms with E-state index in [4.69, 9.17) is 12.7 Å². The minimum atomic E-state index is -1.71. The quantitative estimate of drug-likeness (QED) is 0.549. The van der Waals surface area contributed by atoms with Gasteiger partial charge >= 0.3 is 9.28 Å². The minimum Gasteiger partial charge on any atom is -0.449 e. The van der Waals surface area contributed by atoms with E-state index >= 15 is 0 Å². The topological polar surface area (TPSA) is 36.9 Å². The van der Waals surface area contributed by atoms with Crippen LogP contribution in [-0.2, 0) is 17.1 Å². The summed E-state index contributed by atoms with van der Waals surface area (Å²) in [6.07, 6.45) is 0.213. The van der Waals surface area contributed by atoms with E-state index in [2.05, 4.69) is 16.6 Å². The summed E-state index contributed by atoms with van der Waals surface area (Å²) in [5.41, 5.74) is 0. The first-order valence-corrected chi connectivity index (χ1v) is 10.8. The maximum atomic E-state index is 5.83. The Balaban J connectivity index is 0.000000711. The van der Waals surface area contributed by atoms with Crippen LogP contribution in [0.5, 0.6) is 0 Å². The van der Waals surface area contributed by atoms with Crippen molar-refractivity contribution in [2.75, 3.05) is 6.61 Å². The lowest BCUT2D eigenvalue weighted by atomic mass is 10.4. The van der Waals surface area contributed by atoms with Crippen LogP contribution in [0.1, 0.15) is 20.8 Å². The summed E-state index contributed by atoms with van der Waals surface area (Å²) in [5.74, 6) is 0. The molecule has 0 fully saturated rings. The molecule has 0 radical (unpaired) electrons. The largest absolute Gasteiger partial charge is 0.449 e. The molecule has 1 unspecified atom stereocenters. The van der Waals surface area contributed by atoms with E-state index < -0.39 is 19.3 Å². The predicted octanol–water partition coefficient (Wildman–Crippen LogP) is -1.85. The normalized spacial score (nSPS) is 12.8. The van der Waals surface area contributed by atoms with Crippen LogP contribution in [0.2, 0.25) is 0 Å². The van der Waals surface area contributed by atoms with Gasteiger partial charge in [-0.1, -0.05) is 30.3 Å². The van der Waals surface area contributed by atoms with Gasteiger partial charge in [0.05, 0.1) is 0 Å². The van der Waals surface area contributed by atoms with Gasteiger partial charge in [-0.15, -0.1) is 0 Å². The van der Waals surface area contributed by atoms with Crippen LogP contribution < -0.4 is 5.19 Å². The molecule has 0 saturated heterocycles. The molecule has 110 valence electrons. The standard InChI is InChI=1S/C9H18O3Si3.C2H8OSi/c1-8(2)10-15(12-14-11-13)9-6-4-3-5-7-9;1-2-3-4/h3-8,15H,14H2,1-2,13H3;2H2,1,4H3. The summed E-state index contributed by atoms with van der Waals surface area (Å²) in [5, 5.41) is 1.19. The van der Waals surface area contributed by atoms with Gasteiger partial charge in [-0.3, -0.25) is 0 Å². The molecule has 0 aliphatic rings. The third kappa shape index (κ3) is 10.4. The van der Waals surface area contributed by atoms with E-state index in [1.54, 1.807) is 0 Å². The van der Waals surface area contributed by atoms with Gasteiger partial charge < -0.3 is 17.1 Å². The molecule has 1 aromatic rings. The van der Waals surface area contributed by atoms with Gasteiger partial charge in [0.15, 0.2) is 0 Å². The first-order chi connectivity index (χ1) is 9.15. The van der Waals surface area contributed by atoms with Crippen molar-refractivity contribution < 1.29 is 17.1 Å². The minimum absolute atomic E-state index is 0.213. The second kappa shape index (κ2) is 12.9. The molecule has 1 aromatic carbocycles. The first-order valence-electron chi connectivity index (χ1n) is 6.45. The van der Waals surface area contributed by atoms with Crippen LogP contribution in [0, 0.1) is 0 Å². The number of hydrogen-bond acceptors (Lipinski definition) is 4. The molecule has 1 rings (SSSR count). The third-order valence-electron chi connectivity index (χ3n) is 2.09. The zero-order chi connectivity index (χ0) is 14.5. The summed E-state index contributed by atoms with van der Waals surface area (Å²) in [6, 6.07) is 10.2. The van der Waals surface area contributed by atoms with Crippen molar-refractivity contribution in [3.63, 3.8) is 0 Å². The zero-order valence-electron chi connectivity index (χ0n) is 12.6. The van der Waals surface area contributed by atoms with Crippen LogP contribution in [0.15, 0.2) is 30.3 Å². The second-order valence-corrected chi connectivity index (χ2v) is 10.1. The number of hydrogen-bond donors (Lipinski definition) is 0. The Bertz CT molecular complexity index is 298. The predicted molar refractivity (Wildman–Crippen MR) is 91.7 cm³/mol. The van der Waals surface area contributed by atoms with Crippen LogP contribution in [-0.4, -0.2) is 53.0 Å². The molecule has 0 amide bonds. The highest BCUT2D eigenvalue weighted by molar-refractivity contribution is 6.65. The highest BCUT2D eigenvalue weighted by Crippen LogP contribution is 1.97. The monoisotopic (exact) mass is 334 g/mol. The van der Waals surface area contributed by atoms with Crippen LogP contribution >= 0.6 is 0 Å². The van der Waals surface area contributed by atoms with Gasteiger partial charge in [0, 0.05) is 12.7 Å². The zero-order valence-corrected chi connectivity index (χ0v) is 19.2. The van der Waals surface area contributed by atoms with Crippen LogP contribution in [0.25, 0.3) is 0 Å². The average Bonchev–Trinajstić information content (AvgIpc) is 2.44. The average molecular weight is 335 g/mol. The molecule has 1 atom stereocenters. The van der Waals surface area contributed by atoms with Gasteiger partial charge in [0.1, 0.15) is 21.0 Å². The summed E-state index contributed by atoms with van der Waals surface area (Å²) >= 11 is 0. The Morgan fingerprint density at radius 2 is 1.79 bits per heavy atom. The fraction of sp³-hybridized carbons (Fsp3) is 0.455. The molecule has 0 N–H and O–H groups in total. The van der Waals surface area contributed by atoms with Gasteiger partial charge in [-0.05, 0) is 26.0 Å². The van der Waals surface area contributed by atoms with E-state index in [0.717, 1.165) is 27.6 Å². The van der Waals surface area contributed by atoms with E-state index in [9.17, 15) is 0 Å². The molecule has 0 aliphatic heterocycles. The fourth-order valence-electron chi connectivity index (χ4n) is 1.20. The lowest BCUT2D eigenvalue weighted by molar-refractivity contribution is 0.209. The van der Waals surface area contributed by atoms with Gasteiger partial charge in [0.2, 0.25) is 0 Å². The van der Waals surface area contributed by atoms with Crippen molar-refractivity contribution in [2.24, 2.45) is 0 Å².